The van der Waals surface area contributed by atoms with Gasteiger partial charge in [-0.3, -0.25) is 0 Å². The summed E-state index contributed by atoms with van der Waals surface area (Å²) in [5, 5.41) is 19.4. The van der Waals surface area contributed by atoms with Crippen molar-refractivity contribution in [3.8, 4) is 17.2 Å². The zero-order chi connectivity index (χ0) is 11.0. The van der Waals surface area contributed by atoms with Gasteiger partial charge in [-0.05, 0) is 13.0 Å². The molecule has 5 heteroatoms. The van der Waals surface area contributed by atoms with Crippen molar-refractivity contribution in [2.45, 2.75) is 19.1 Å². The van der Waals surface area contributed by atoms with Gasteiger partial charge in [-0.25, -0.2) is 0 Å². The second-order valence-corrected chi connectivity index (χ2v) is 3.57. The summed E-state index contributed by atoms with van der Waals surface area (Å²) in [7, 11) is 0. The van der Waals surface area contributed by atoms with E-state index in [2.05, 4.69) is 0 Å². The SMILES string of the molecule is CC(N)C(O)c1cc2c(cc1O)OCO2. The van der Waals surface area contributed by atoms with Crippen molar-refractivity contribution in [1.82, 2.24) is 0 Å². The smallest absolute Gasteiger partial charge is 0.231 e. The van der Waals surface area contributed by atoms with Gasteiger partial charge in [0.05, 0.1) is 6.10 Å². The van der Waals surface area contributed by atoms with Crippen LogP contribution in [-0.2, 0) is 0 Å². The number of aliphatic hydroxyl groups excluding tert-OH is 1. The molecule has 1 aliphatic rings. The quantitative estimate of drug-likeness (QED) is 0.663. The van der Waals surface area contributed by atoms with Crippen molar-refractivity contribution in [1.29, 1.82) is 0 Å². The van der Waals surface area contributed by atoms with E-state index in [0.29, 0.717) is 17.1 Å². The van der Waals surface area contributed by atoms with Crippen LogP contribution in [0.5, 0.6) is 17.2 Å². The minimum absolute atomic E-state index is 0.0379. The molecule has 15 heavy (non-hydrogen) atoms. The zero-order valence-corrected chi connectivity index (χ0v) is 8.30. The average Bonchev–Trinajstić information content (AvgIpc) is 2.62. The van der Waals surface area contributed by atoms with Gasteiger partial charge in [0.2, 0.25) is 6.79 Å². The number of ether oxygens (including phenoxy) is 2. The zero-order valence-electron chi connectivity index (χ0n) is 8.30. The molecule has 82 valence electrons. The number of aromatic hydroxyl groups is 1. The van der Waals surface area contributed by atoms with Crippen LogP contribution in [-0.4, -0.2) is 23.0 Å². The summed E-state index contributed by atoms with van der Waals surface area (Å²) in [5.41, 5.74) is 5.90. The lowest BCUT2D eigenvalue weighted by Crippen LogP contribution is -2.24. The summed E-state index contributed by atoms with van der Waals surface area (Å²) in [5.74, 6) is 0.958. The van der Waals surface area contributed by atoms with Gasteiger partial charge in [0.1, 0.15) is 5.75 Å². The molecule has 1 aromatic carbocycles. The minimum atomic E-state index is -0.917. The van der Waals surface area contributed by atoms with Gasteiger partial charge in [0, 0.05) is 17.7 Å². The Morgan fingerprint density at radius 3 is 2.53 bits per heavy atom. The largest absolute Gasteiger partial charge is 0.507 e. The topological polar surface area (TPSA) is 84.9 Å². The molecule has 5 nitrogen and oxygen atoms in total. The van der Waals surface area contributed by atoms with E-state index in [0.717, 1.165) is 0 Å². The Balaban J connectivity index is 2.40. The van der Waals surface area contributed by atoms with Crippen molar-refractivity contribution in [3.63, 3.8) is 0 Å². The number of phenolic OH excluding ortho intramolecular Hbond substituents is 1. The van der Waals surface area contributed by atoms with E-state index in [9.17, 15) is 10.2 Å². The Hall–Kier alpha value is -1.46. The van der Waals surface area contributed by atoms with E-state index >= 15 is 0 Å². The maximum Gasteiger partial charge on any atom is 0.231 e. The van der Waals surface area contributed by atoms with Crippen molar-refractivity contribution in [2.75, 3.05) is 6.79 Å². The molecule has 1 aliphatic heterocycles. The third kappa shape index (κ3) is 1.71. The van der Waals surface area contributed by atoms with E-state index in [1.807, 2.05) is 0 Å². The fourth-order valence-corrected chi connectivity index (χ4v) is 1.47. The van der Waals surface area contributed by atoms with Crippen LogP contribution in [0.15, 0.2) is 12.1 Å². The summed E-state index contributed by atoms with van der Waals surface area (Å²) < 4.78 is 10.2. The molecule has 0 aliphatic carbocycles. The molecule has 1 heterocycles. The van der Waals surface area contributed by atoms with E-state index in [1.165, 1.54) is 6.07 Å². The summed E-state index contributed by atoms with van der Waals surface area (Å²) >= 11 is 0. The Morgan fingerprint density at radius 2 is 1.93 bits per heavy atom. The van der Waals surface area contributed by atoms with Gasteiger partial charge < -0.3 is 25.4 Å². The number of nitrogens with two attached hydrogens (primary N) is 1. The number of phenols is 1. The van der Waals surface area contributed by atoms with Crippen LogP contribution in [0.4, 0.5) is 0 Å². The van der Waals surface area contributed by atoms with Gasteiger partial charge in [-0.1, -0.05) is 0 Å². The van der Waals surface area contributed by atoms with Crippen LogP contribution >= 0.6 is 0 Å². The Morgan fingerprint density at radius 1 is 1.33 bits per heavy atom. The van der Waals surface area contributed by atoms with Gasteiger partial charge in [0.15, 0.2) is 11.5 Å². The number of rotatable bonds is 2. The summed E-state index contributed by atoms with van der Waals surface area (Å²) in [4.78, 5) is 0. The van der Waals surface area contributed by atoms with Crippen LogP contribution in [0.25, 0.3) is 0 Å². The molecule has 0 aromatic heterocycles. The van der Waals surface area contributed by atoms with Crippen LogP contribution in [0.2, 0.25) is 0 Å². The Bertz CT molecular complexity index is 378. The monoisotopic (exact) mass is 211 g/mol. The van der Waals surface area contributed by atoms with Crippen molar-refractivity contribution in [3.05, 3.63) is 17.7 Å². The summed E-state index contributed by atoms with van der Waals surface area (Å²) in [6, 6.07) is 2.51. The van der Waals surface area contributed by atoms with Gasteiger partial charge >= 0.3 is 0 Å². The van der Waals surface area contributed by atoms with Crippen LogP contribution in [0, 0.1) is 0 Å². The highest BCUT2D eigenvalue weighted by atomic mass is 16.7. The third-order valence-corrected chi connectivity index (χ3v) is 2.34. The molecular formula is C10H13NO4. The lowest BCUT2D eigenvalue weighted by molar-refractivity contribution is 0.149. The Labute approximate surface area is 87.0 Å². The molecule has 0 saturated carbocycles. The molecule has 2 rings (SSSR count). The average molecular weight is 211 g/mol. The number of fused-ring (bicyclic) bond motifs is 1. The second kappa shape index (κ2) is 3.60. The summed E-state index contributed by atoms with van der Waals surface area (Å²) in [6.45, 7) is 1.79. The first-order valence-corrected chi connectivity index (χ1v) is 4.65. The van der Waals surface area contributed by atoms with Crippen LogP contribution < -0.4 is 15.2 Å². The van der Waals surface area contributed by atoms with E-state index in [-0.39, 0.29) is 12.5 Å². The molecule has 4 N–H and O–H groups in total. The van der Waals surface area contributed by atoms with Crippen molar-refractivity contribution < 1.29 is 19.7 Å². The molecule has 2 unspecified atom stereocenters. The van der Waals surface area contributed by atoms with Crippen LogP contribution in [0.3, 0.4) is 0 Å². The molecule has 0 spiro atoms. The maximum absolute atomic E-state index is 9.73. The minimum Gasteiger partial charge on any atom is -0.507 e. The predicted octanol–water partition coefficient (Wildman–Crippen LogP) is 0.502. The number of hydrogen-bond acceptors (Lipinski definition) is 5. The fraction of sp³-hybridized carbons (Fsp3) is 0.400. The highest BCUT2D eigenvalue weighted by molar-refractivity contribution is 5.52. The third-order valence-electron chi connectivity index (χ3n) is 2.34. The molecule has 0 amide bonds. The predicted molar refractivity (Wildman–Crippen MR) is 52.8 cm³/mol. The molecule has 0 bridgehead atoms. The van der Waals surface area contributed by atoms with E-state index in [1.54, 1.807) is 13.0 Å². The molecule has 1 aromatic rings. The summed E-state index contributed by atoms with van der Waals surface area (Å²) in [6.07, 6.45) is -0.917. The molecule has 0 fully saturated rings. The van der Waals surface area contributed by atoms with Crippen molar-refractivity contribution in [2.24, 2.45) is 5.73 Å². The van der Waals surface area contributed by atoms with E-state index in [4.69, 9.17) is 15.2 Å². The standard InChI is InChI=1S/C10H13NO4/c1-5(11)10(13)6-2-8-9(3-7(6)12)15-4-14-8/h2-3,5,10,12-13H,4,11H2,1H3. The molecular weight excluding hydrogens is 198 g/mol. The molecule has 2 atom stereocenters. The van der Waals surface area contributed by atoms with Gasteiger partial charge in [-0.2, -0.15) is 0 Å². The van der Waals surface area contributed by atoms with Gasteiger partial charge in [-0.15, -0.1) is 0 Å². The highest BCUT2D eigenvalue weighted by Gasteiger charge is 2.22. The first-order valence-electron chi connectivity index (χ1n) is 4.65. The second-order valence-electron chi connectivity index (χ2n) is 3.57. The van der Waals surface area contributed by atoms with Crippen molar-refractivity contribution >= 4 is 0 Å². The normalized spacial score (nSPS) is 17.5. The molecule has 0 saturated heterocycles. The molecule has 0 radical (unpaired) electrons. The number of benzene rings is 1. The lowest BCUT2D eigenvalue weighted by Gasteiger charge is -2.16. The number of hydrogen-bond donors (Lipinski definition) is 3. The number of aliphatic hydroxyl groups is 1. The first kappa shape index (κ1) is 10.1. The Kier molecular flexibility index (Phi) is 2.42. The highest BCUT2D eigenvalue weighted by Crippen LogP contribution is 2.40. The fourth-order valence-electron chi connectivity index (χ4n) is 1.47. The first-order chi connectivity index (χ1) is 7.09. The van der Waals surface area contributed by atoms with E-state index < -0.39 is 12.1 Å². The maximum atomic E-state index is 9.73. The van der Waals surface area contributed by atoms with Gasteiger partial charge in [0.25, 0.3) is 0 Å². The van der Waals surface area contributed by atoms with Crippen LogP contribution in [0.1, 0.15) is 18.6 Å². The lowest BCUT2D eigenvalue weighted by atomic mass is 10.0.